The number of rotatable bonds is 5. The Kier molecular flexibility index (Phi) is 4.04. The molecule has 1 aromatic carbocycles. The van der Waals surface area contributed by atoms with Crippen LogP contribution in [0, 0.1) is 0 Å². The Bertz CT molecular complexity index is 578. The van der Waals surface area contributed by atoms with Gasteiger partial charge in [0.2, 0.25) is 0 Å². The Hall–Kier alpha value is -1.33. The summed E-state index contributed by atoms with van der Waals surface area (Å²) in [7, 11) is 0. The lowest BCUT2D eigenvalue weighted by atomic mass is 10.1. The van der Waals surface area contributed by atoms with Crippen LogP contribution in [0.5, 0.6) is 0 Å². The topological polar surface area (TPSA) is 68.2 Å². The molecule has 1 aromatic heterocycles. The standard InChI is InChI=1S/C13H15BrN2O2/c14-10-3-4-12-11(6-10)9(2-1-5-15)7-16(12)8-13(17)18/h3-4,6-7H,1-2,5,8,15H2,(H,17,18). The molecule has 0 spiro atoms. The molecule has 3 N–H and O–H groups in total. The fourth-order valence-corrected chi connectivity index (χ4v) is 2.47. The Balaban J connectivity index is 2.48. The van der Waals surface area contributed by atoms with E-state index in [1.54, 1.807) is 4.57 Å². The Morgan fingerprint density at radius 3 is 2.89 bits per heavy atom. The third-order valence-electron chi connectivity index (χ3n) is 2.88. The fraction of sp³-hybridized carbons (Fsp3) is 0.308. The average Bonchev–Trinajstić information content (AvgIpc) is 2.63. The van der Waals surface area contributed by atoms with Gasteiger partial charge in [0.05, 0.1) is 0 Å². The van der Waals surface area contributed by atoms with Crippen molar-refractivity contribution in [2.45, 2.75) is 19.4 Å². The van der Waals surface area contributed by atoms with Crippen LogP contribution in [0.25, 0.3) is 10.9 Å². The highest BCUT2D eigenvalue weighted by atomic mass is 79.9. The van der Waals surface area contributed by atoms with Crippen molar-refractivity contribution >= 4 is 32.8 Å². The summed E-state index contributed by atoms with van der Waals surface area (Å²) in [5.41, 5.74) is 7.63. The highest BCUT2D eigenvalue weighted by Gasteiger charge is 2.10. The van der Waals surface area contributed by atoms with Crippen LogP contribution in [-0.4, -0.2) is 22.2 Å². The molecule has 0 aliphatic heterocycles. The molecule has 0 amide bonds. The number of carboxylic acid groups (broad SMARTS) is 1. The molecule has 1 heterocycles. The van der Waals surface area contributed by atoms with Gasteiger partial charge in [-0.3, -0.25) is 4.79 Å². The van der Waals surface area contributed by atoms with Crippen LogP contribution >= 0.6 is 15.9 Å². The summed E-state index contributed by atoms with van der Waals surface area (Å²) in [5.74, 6) is -0.833. The van der Waals surface area contributed by atoms with Crippen LogP contribution in [0.2, 0.25) is 0 Å². The molecule has 2 rings (SSSR count). The summed E-state index contributed by atoms with van der Waals surface area (Å²) in [6, 6.07) is 5.89. The molecular formula is C13H15BrN2O2. The zero-order chi connectivity index (χ0) is 13.1. The zero-order valence-corrected chi connectivity index (χ0v) is 11.5. The second-order valence-corrected chi connectivity index (χ2v) is 5.15. The molecule has 96 valence electrons. The Labute approximate surface area is 114 Å². The molecule has 4 nitrogen and oxygen atoms in total. The van der Waals surface area contributed by atoms with E-state index in [-0.39, 0.29) is 6.54 Å². The predicted molar refractivity (Wildman–Crippen MR) is 74.6 cm³/mol. The van der Waals surface area contributed by atoms with Crippen molar-refractivity contribution in [3.05, 3.63) is 34.4 Å². The zero-order valence-electron chi connectivity index (χ0n) is 9.90. The average molecular weight is 311 g/mol. The molecule has 0 aliphatic carbocycles. The van der Waals surface area contributed by atoms with Crippen molar-refractivity contribution < 1.29 is 9.90 Å². The van der Waals surface area contributed by atoms with E-state index in [4.69, 9.17) is 10.8 Å². The molecule has 0 fully saturated rings. The number of fused-ring (bicyclic) bond motifs is 1. The summed E-state index contributed by atoms with van der Waals surface area (Å²) in [4.78, 5) is 10.9. The van der Waals surface area contributed by atoms with Crippen LogP contribution in [-0.2, 0) is 17.8 Å². The molecule has 0 radical (unpaired) electrons. The number of hydrogen-bond donors (Lipinski definition) is 2. The lowest BCUT2D eigenvalue weighted by Crippen LogP contribution is -2.07. The Morgan fingerprint density at radius 1 is 1.44 bits per heavy atom. The lowest BCUT2D eigenvalue weighted by molar-refractivity contribution is -0.137. The quantitative estimate of drug-likeness (QED) is 0.891. The second kappa shape index (κ2) is 5.54. The van der Waals surface area contributed by atoms with Gasteiger partial charge in [0.15, 0.2) is 0 Å². The first-order valence-electron chi connectivity index (χ1n) is 5.81. The Morgan fingerprint density at radius 2 is 2.22 bits per heavy atom. The number of benzene rings is 1. The molecule has 0 aliphatic rings. The van der Waals surface area contributed by atoms with Crippen molar-refractivity contribution in [2.75, 3.05) is 6.54 Å². The molecule has 5 heteroatoms. The minimum Gasteiger partial charge on any atom is -0.480 e. The van der Waals surface area contributed by atoms with Crippen molar-refractivity contribution in [1.82, 2.24) is 4.57 Å². The van der Waals surface area contributed by atoms with E-state index in [1.165, 1.54) is 0 Å². The SMILES string of the molecule is NCCCc1cn(CC(=O)O)c2ccc(Br)cc12. The van der Waals surface area contributed by atoms with Crippen molar-refractivity contribution in [1.29, 1.82) is 0 Å². The number of carbonyl (C=O) groups is 1. The lowest BCUT2D eigenvalue weighted by Gasteiger charge is -2.00. The molecule has 0 unspecified atom stereocenters. The van der Waals surface area contributed by atoms with Gasteiger partial charge >= 0.3 is 5.97 Å². The molecule has 2 aromatic rings. The van der Waals surface area contributed by atoms with Gasteiger partial charge in [-0.2, -0.15) is 0 Å². The van der Waals surface area contributed by atoms with Crippen molar-refractivity contribution in [2.24, 2.45) is 5.73 Å². The number of nitrogens with two attached hydrogens (primary N) is 1. The molecule has 0 saturated heterocycles. The molecule has 0 bridgehead atoms. The van der Waals surface area contributed by atoms with Crippen molar-refractivity contribution in [3.63, 3.8) is 0 Å². The maximum atomic E-state index is 10.9. The number of nitrogens with zero attached hydrogens (tertiary/aromatic N) is 1. The van der Waals surface area contributed by atoms with Gasteiger partial charge < -0.3 is 15.4 Å². The van der Waals surface area contributed by atoms with Gasteiger partial charge in [0, 0.05) is 21.6 Å². The normalized spacial score (nSPS) is 11.0. The first-order chi connectivity index (χ1) is 8.61. The van der Waals surface area contributed by atoms with E-state index in [0.717, 1.165) is 33.8 Å². The van der Waals surface area contributed by atoms with Crippen LogP contribution in [0.3, 0.4) is 0 Å². The molecule has 18 heavy (non-hydrogen) atoms. The number of carboxylic acids is 1. The minimum absolute atomic E-state index is 0.0131. The number of hydrogen-bond acceptors (Lipinski definition) is 2. The first kappa shape index (κ1) is 13.1. The van der Waals surface area contributed by atoms with Crippen LogP contribution < -0.4 is 5.73 Å². The minimum atomic E-state index is -0.833. The van der Waals surface area contributed by atoms with Crippen LogP contribution in [0.15, 0.2) is 28.9 Å². The van der Waals surface area contributed by atoms with Crippen LogP contribution in [0.1, 0.15) is 12.0 Å². The van der Waals surface area contributed by atoms with E-state index in [2.05, 4.69) is 15.9 Å². The second-order valence-electron chi connectivity index (χ2n) is 4.23. The summed E-state index contributed by atoms with van der Waals surface area (Å²) in [6.07, 6.45) is 3.69. The highest BCUT2D eigenvalue weighted by molar-refractivity contribution is 9.10. The van der Waals surface area contributed by atoms with Crippen molar-refractivity contribution in [3.8, 4) is 0 Å². The third-order valence-corrected chi connectivity index (χ3v) is 3.37. The highest BCUT2D eigenvalue weighted by Crippen LogP contribution is 2.26. The summed E-state index contributed by atoms with van der Waals surface area (Å²) in [5, 5.41) is 10.0. The van der Waals surface area contributed by atoms with E-state index in [0.29, 0.717) is 6.54 Å². The molecule has 0 atom stereocenters. The predicted octanol–water partition coefficient (Wildman–Crippen LogP) is 2.38. The maximum absolute atomic E-state index is 10.9. The molecule has 0 saturated carbocycles. The third kappa shape index (κ3) is 2.73. The maximum Gasteiger partial charge on any atom is 0.323 e. The van der Waals surface area contributed by atoms with E-state index in [9.17, 15) is 4.79 Å². The summed E-state index contributed by atoms with van der Waals surface area (Å²) in [6.45, 7) is 0.625. The largest absolute Gasteiger partial charge is 0.480 e. The smallest absolute Gasteiger partial charge is 0.323 e. The monoisotopic (exact) mass is 310 g/mol. The number of aryl methyl sites for hydroxylation is 1. The van der Waals surface area contributed by atoms with E-state index < -0.39 is 5.97 Å². The summed E-state index contributed by atoms with van der Waals surface area (Å²) < 4.78 is 2.77. The van der Waals surface area contributed by atoms with Gasteiger partial charge in [-0.25, -0.2) is 0 Å². The first-order valence-corrected chi connectivity index (χ1v) is 6.60. The number of aliphatic carboxylic acids is 1. The van der Waals surface area contributed by atoms with Gasteiger partial charge in [-0.15, -0.1) is 0 Å². The number of halogens is 1. The summed E-state index contributed by atoms with van der Waals surface area (Å²) >= 11 is 3.44. The van der Waals surface area contributed by atoms with E-state index in [1.807, 2.05) is 24.4 Å². The van der Waals surface area contributed by atoms with Gasteiger partial charge in [-0.1, -0.05) is 15.9 Å². The number of aromatic nitrogens is 1. The van der Waals surface area contributed by atoms with E-state index >= 15 is 0 Å². The van der Waals surface area contributed by atoms with Gasteiger partial charge in [0.1, 0.15) is 6.54 Å². The van der Waals surface area contributed by atoms with Crippen LogP contribution in [0.4, 0.5) is 0 Å². The molecular weight excluding hydrogens is 296 g/mol. The van der Waals surface area contributed by atoms with Gasteiger partial charge in [-0.05, 0) is 43.1 Å². The fourth-order valence-electron chi connectivity index (χ4n) is 2.11. The van der Waals surface area contributed by atoms with Gasteiger partial charge in [0.25, 0.3) is 0 Å².